The zero-order valence-corrected chi connectivity index (χ0v) is 10.7. The van der Waals surface area contributed by atoms with Crippen molar-refractivity contribution in [3.05, 3.63) is 11.2 Å². The van der Waals surface area contributed by atoms with E-state index in [-0.39, 0.29) is 0 Å². The lowest BCUT2D eigenvalue weighted by Gasteiger charge is -1.96. The molecular formula is C9H12N4OS2. The number of methoxy groups -OCH3 is 1. The van der Waals surface area contributed by atoms with Gasteiger partial charge in [0.2, 0.25) is 5.13 Å². The first-order valence-corrected chi connectivity index (χ1v) is 6.53. The molecule has 2 rings (SSSR count). The number of nitrogens with zero attached hydrogens (tertiary/aromatic N) is 3. The van der Waals surface area contributed by atoms with Gasteiger partial charge in [-0.05, 0) is 6.92 Å². The number of hydrogen-bond acceptors (Lipinski definition) is 7. The Hall–Kier alpha value is -1.05. The van der Waals surface area contributed by atoms with Crippen LogP contribution in [0.15, 0.2) is 5.51 Å². The van der Waals surface area contributed by atoms with Gasteiger partial charge in [0.15, 0.2) is 5.01 Å². The van der Waals surface area contributed by atoms with Crippen LogP contribution in [-0.2, 0) is 11.3 Å². The summed E-state index contributed by atoms with van der Waals surface area (Å²) in [5.41, 5.74) is 2.73. The fraction of sp³-hybridized carbons (Fsp3) is 0.444. The van der Waals surface area contributed by atoms with Crippen LogP contribution in [0.4, 0.5) is 5.13 Å². The summed E-state index contributed by atoms with van der Waals surface area (Å²) >= 11 is 3.10. The monoisotopic (exact) mass is 256 g/mol. The van der Waals surface area contributed by atoms with E-state index in [9.17, 15) is 0 Å². The van der Waals surface area contributed by atoms with Crippen molar-refractivity contribution < 1.29 is 4.74 Å². The van der Waals surface area contributed by atoms with Gasteiger partial charge in [0.1, 0.15) is 0 Å². The molecule has 2 aromatic rings. The van der Waals surface area contributed by atoms with E-state index in [1.54, 1.807) is 24.0 Å². The van der Waals surface area contributed by atoms with Crippen LogP contribution in [0.5, 0.6) is 0 Å². The number of rotatable bonds is 5. The van der Waals surface area contributed by atoms with Gasteiger partial charge < -0.3 is 10.1 Å². The van der Waals surface area contributed by atoms with Crippen molar-refractivity contribution in [3.63, 3.8) is 0 Å². The molecular weight excluding hydrogens is 244 g/mol. The van der Waals surface area contributed by atoms with Crippen LogP contribution in [-0.4, -0.2) is 28.8 Å². The number of anilines is 1. The van der Waals surface area contributed by atoms with E-state index < -0.39 is 0 Å². The number of hydrogen-bond donors (Lipinski definition) is 1. The predicted molar refractivity (Wildman–Crippen MR) is 65.9 cm³/mol. The van der Waals surface area contributed by atoms with Crippen molar-refractivity contribution >= 4 is 27.8 Å². The Morgan fingerprint density at radius 2 is 2.31 bits per heavy atom. The minimum atomic E-state index is 0.509. The van der Waals surface area contributed by atoms with Crippen LogP contribution in [0, 0.1) is 0 Å². The summed E-state index contributed by atoms with van der Waals surface area (Å²) in [5.74, 6) is 0. The van der Waals surface area contributed by atoms with Gasteiger partial charge in [-0.2, -0.15) is 0 Å². The molecule has 0 aromatic carbocycles. The van der Waals surface area contributed by atoms with E-state index in [0.717, 1.165) is 27.3 Å². The Morgan fingerprint density at radius 3 is 3.06 bits per heavy atom. The van der Waals surface area contributed by atoms with Gasteiger partial charge in [-0.1, -0.05) is 11.3 Å². The van der Waals surface area contributed by atoms with Gasteiger partial charge in [0, 0.05) is 13.7 Å². The third-order valence-corrected chi connectivity index (χ3v) is 3.77. The lowest BCUT2D eigenvalue weighted by Crippen LogP contribution is -1.94. The summed E-state index contributed by atoms with van der Waals surface area (Å²) in [7, 11) is 1.66. The largest absolute Gasteiger partial charge is 0.378 e. The van der Waals surface area contributed by atoms with Gasteiger partial charge in [-0.3, -0.25) is 0 Å². The zero-order valence-electron chi connectivity index (χ0n) is 9.06. The first-order valence-electron chi connectivity index (χ1n) is 4.84. The molecule has 7 heteroatoms. The molecule has 0 aliphatic heterocycles. The van der Waals surface area contributed by atoms with Crippen LogP contribution in [0.2, 0.25) is 0 Å². The van der Waals surface area contributed by atoms with Crippen LogP contribution in [0.1, 0.15) is 12.6 Å². The van der Waals surface area contributed by atoms with E-state index in [2.05, 4.69) is 20.5 Å². The normalized spacial score (nSPS) is 10.6. The summed E-state index contributed by atoms with van der Waals surface area (Å²) in [4.78, 5) is 5.29. The summed E-state index contributed by atoms with van der Waals surface area (Å²) in [6, 6.07) is 0. The van der Waals surface area contributed by atoms with E-state index in [4.69, 9.17) is 4.74 Å². The Kier molecular flexibility index (Phi) is 3.81. The minimum Gasteiger partial charge on any atom is -0.378 e. The van der Waals surface area contributed by atoms with Gasteiger partial charge in [-0.25, -0.2) is 4.98 Å². The van der Waals surface area contributed by atoms with Crippen molar-refractivity contribution in [2.24, 2.45) is 0 Å². The molecule has 0 atom stereocenters. The lowest BCUT2D eigenvalue weighted by molar-refractivity contribution is 0.182. The molecule has 0 saturated carbocycles. The maximum Gasteiger partial charge on any atom is 0.206 e. The standard InChI is InChI=1S/C9H12N4OS2/c1-3-10-9-13-12-8(16-9)7-6(4-14-2)11-5-15-7/h5H,3-4H2,1-2H3,(H,10,13). The first kappa shape index (κ1) is 11.4. The van der Waals surface area contributed by atoms with E-state index in [1.165, 1.54) is 11.3 Å². The average molecular weight is 256 g/mol. The molecule has 0 unspecified atom stereocenters. The van der Waals surface area contributed by atoms with Crippen molar-refractivity contribution in [3.8, 4) is 9.88 Å². The Morgan fingerprint density at radius 1 is 1.44 bits per heavy atom. The van der Waals surface area contributed by atoms with E-state index in [1.807, 2.05) is 6.92 Å². The molecule has 0 aliphatic carbocycles. The molecule has 0 bridgehead atoms. The molecule has 16 heavy (non-hydrogen) atoms. The Bertz CT molecular complexity index is 454. The summed E-state index contributed by atoms with van der Waals surface area (Å²) in [6.45, 7) is 3.39. The molecule has 0 fully saturated rings. The van der Waals surface area contributed by atoms with Gasteiger partial charge in [-0.15, -0.1) is 21.5 Å². The van der Waals surface area contributed by atoms with Crippen LogP contribution in [0.25, 0.3) is 9.88 Å². The fourth-order valence-corrected chi connectivity index (χ4v) is 2.94. The van der Waals surface area contributed by atoms with Crippen LogP contribution >= 0.6 is 22.7 Å². The molecule has 2 aromatic heterocycles. The summed E-state index contributed by atoms with van der Waals surface area (Å²) < 4.78 is 5.09. The smallest absolute Gasteiger partial charge is 0.206 e. The highest BCUT2D eigenvalue weighted by molar-refractivity contribution is 7.22. The zero-order chi connectivity index (χ0) is 11.4. The second kappa shape index (κ2) is 5.33. The van der Waals surface area contributed by atoms with Gasteiger partial charge in [0.25, 0.3) is 0 Å². The molecule has 0 aliphatic rings. The van der Waals surface area contributed by atoms with Gasteiger partial charge >= 0.3 is 0 Å². The average Bonchev–Trinajstić information content (AvgIpc) is 2.87. The van der Waals surface area contributed by atoms with Crippen LogP contribution in [0.3, 0.4) is 0 Å². The third-order valence-electron chi connectivity index (χ3n) is 1.87. The number of nitrogens with one attached hydrogen (secondary N) is 1. The Balaban J connectivity index is 2.24. The van der Waals surface area contributed by atoms with Crippen molar-refractivity contribution in [1.82, 2.24) is 15.2 Å². The van der Waals surface area contributed by atoms with Crippen LogP contribution < -0.4 is 5.32 Å². The topological polar surface area (TPSA) is 59.9 Å². The highest BCUT2D eigenvalue weighted by Gasteiger charge is 2.13. The van der Waals surface area contributed by atoms with Crippen molar-refractivity contribution in [2.75, 3.05) is 19.0 Å². The second-order valence-corrected chi connectivity index (χ2v) is 4.84. The van der Waals surface area contributed by atoms with Gasteiger partial charge in [0.05, 0.1) is 22.7 Å². The highest BCUT2D eigenvalue weighted by atomic mass is 32.1. The molecule has 0 amide bonds. The molecule has 0 saturated heterocycles. The third kappa shape index (κ3) is 2.37. The molecule has 5 nitrogen and oxygen atoms in total. The van der Waals surface area contributed by atoms with E-state index >= 15 is 0 Å². The SMILES string of the molecule is CCNc1nnc(-c2scnc2COC)s1. The number of thiazole rings is 1. The predicted octanol–water partition coefficient (Wildman–Crippen LogP) is 2.24. The fourth-order valence-electron chi connectivity index (χ4n) is 1.22. The number of aromatic nitrogens is 3. The Labute approximate surface area is 102 Å². The maximum atomic E-state index is 5.09. The molecule has 0 spiro atoms. The highest BCUT2D eigenvalue weighted by Crippen LogP contribution is 2.32. The molecule has 2 heterocycles. The molecule has 0 radical (unpaired) electrons. The molecule has 86 valence electrons. The second-order valence-electron chi connectivity index (χ2n) is 3.00. The first-order chi connectivity index (χ1) is 7.85. The number of ether oxygens (including phenoxy) is 1. The molecule has 1 N–H and O–H groups in total. The minimum absolute atomic E-state index is 0.509. The van der Waals surface area contributed by atoms with E-state index in [0.29, 0.717) is 6.61 Å². The summed E-state index contributed by atoms with van der Waals surface area (Å²) in [6.07, 6.45) is 0. The maximum absolute atomic E-state index is 5.09. The quantitative estimate of drug-likeness (QED) is 0.889. The van der Waals surface area contributed by atoms with Crippen molar-refractivity contribution in [2.45, 2.75) is 13.5 Å². The summed E-state index contributed by atoms with van der Waals surface area (Å²) in [5, 5.41) is 13.1. The lowest BCUT2D eigenvalue weighted by atomic mass is 10.4. The van der Waals surface area contributed by atoms with Crippen molar-refractivity contribution in [1.29, 1.82) is 0 Å².